The first-order valence-electron chi connectivity index (χ1n) is 9.95. The van der Waals surface area contributed by atoms with E-state index in [1.165, 1.54) is 0 Å². The average molecular weight is 427 g/mol. The molecule has 10 heteroatoms. The van der Waals surface area contributed by atoms with E-state index >= 15 is 0 Å². The quantitative estimate of drug-likeness (QED) is 0.373. The maximum absolute atomic E-state index is 5.31. The highest BCUT2D eigenvalue weighted by molar-refractivity contribution is 6.00. The molecule has 0 bridgehead atoms. The van der Waals surface area contributed by atoms with E-state index in [0.717, 1.165) is 33.5 Å². The molecule has 0 radical (unpaired) electrons. The number of nitrogens with one attached hydrogen (secondary N) is 3. The van der Waals surface area contributed by atoms with Crippen molar-refractivity contribution in [3.63, 3.8) is 0 Å². The van der Waals surface area contributed by atoms with Gasteiger partial charge in [0.1, 0.15) is 11.5 Å². The molecule has 32 heavy (non-hydrogen) atoms. The second kappa shape index (κ2) is 7.99. The van der Waals surface area contributed by atoms with E-state index in [4.69, 9.17) is 9.72 Å². The van der Waals surface area contributed by atoms with E-state index in [-0.39, 0.29) is 0 Å². The van der Waals surface area contributed by atoms with E-state index in [0.29, 0.717) is 23.3 Å². The van der Waals surface area contributed by atoms with Crippen molar-refractivity contribution in [2.45, 2.75) is 6.92 Å². The number of rotatable bonds is 6. The smallest absolute Gasteiger partial charge is 0.256 e. The molecule has 0 atom stereocenters. The number of aryl methyl sites for hydroxylation is 2. The van der Waals surface area contributed by atoms with Crippen LogP contribution in [-0.2, 0) is 7.05 Å². The van der Waals surface area contributed by atoms with Gasteiger partial charge in [-0.25, -0.2) is 19.9 Å². The predicted octanol–water partition coefficient (Wildman–Crippen LogP) is 3.95. The van der Waals surface area contributed by atoms with Gasteiger partial charge in [-0.2, -0.15) is 0 Å². The molecule has 0 saturated heterocycles. The van der Waals surface area contributed by atoms with Gasteiger partial charge in [-0.1, -0.05) is 6.07 Å². The van der Waals surface area contributed by atoms with Crippen molar-refractivity contribution in [1.29, 1.82) is 0 Å². The minimum absolute atomic E-state index is 0.451. The highest BCUT2D eigenvalue weighted by Crippen LogP contribution is 2.33. The van der Waals surface area contributed by atoms with Crippen molar-refractivity contribution < 1.29 is 4.74 Å². The van der Waals surface area contributed by atoms with Crippen LogP contribution in [0.25, 0.3) is 22.2 Å². The highest BCUT2D eigenvalue weighted by Gasteiger charge is 2.16. The molecule has 5 heterocycles. The third-order valence-electron chi connectivity index (χ3n) is 4.97. The maximum atomic E-state index is 5.31. The Morgan fingerprint density at radius 1 is 1.06 bits per heavy atom. The Morgan fingerprint density at radius 3 is 2.78 bits per heavy atom. The average Bonchev–Trinajstić information content (AvgIpc) is 3.39. The van der Waals surface area contributed by atoms with Gasteiger partial charge in [0, 0.05) is 42.8 Å². The number of ether oxygens (including phenoxy) is 1. The molecule has 5 aromatic heterocycles. The number of hydrogen-bond donors (Lipinski definition) is 3. The highest BCUT2D eigenvalue weighted by atomic mass is 16.5. The second-order valence-corrected chi connectivity index (χ2v) is 7.20. The van der Waals surface area contributed by atoms with Gasteiger partial charge in [0.15, 0.2) is 5.82 Å². The summed E-state index contributed by atoms with van der Waals surface area (Å²) in [7, 11) is 3.40. The summed E-state index contributed by atoms with van der Waals surface area (Å²) in [5.74, 6) is 2.34. The summed E-state index contributed by atoms with van der Waals surface area (Å²) in [5, 5.41) is 11.7. The molecule has 5 aromatic rings. The lowest BCUT2D eigenvalue weighted by Crippen LogP contribution is -2.00. The zero-order valence-corrected chi connectivity index (χ0v) is 17.8. The molecule has 0 aliphatic heterocycles. The number of aromatic amines is 1. The Bertz CT molecular complexity index is 1390. The van der Waals surface area contributed by atoms with Crippen LogP contribution in [0, 0.1) is 6.92 Å². The summed E-state index contributed by atoms with van der Waals surface area (Å²) in [5.41, 5.74) is 4.27. The molecule has 0 spiro atoms. The van der Waals surface area contributed by atoms with Crippen molar-refractivity contribution in [2.24, 2.45) is 7.05 Å². The normalized spacial score (nSPS) is 11.0. The Labute approximate surface area is 183 Å². The van der Waals surface area contributed by atoms with Crippen LogP contribution in [-0.4, -0.2) is 41.8 Å². The fourth-order valence-electron chi connectivity index (χ4n) is 3.50. The van der Waals surface area contributed by atoms with Crippen LogP contribution >= 0.6 is 0 Å². The summed E-state index contributed by atoms with van der Waals surface area (Å²) < 4.78 is 6.98. The number of anilines is 4. The molecule has 3 N–H and O–H groups in total. The number of methoxy groups -OCH3 is 1. The summed E-state index contributed by atoms with van der Waals surface area (Å²) >= 11 is 0. The van der Waals surface area contributed by atoms with Crippen LogP contribution in [0.5, 0.6) is 5.88 Å². The van der Waals surface area contributed by atoms with Crippen molar-refractivity contribution in [2.75, 3.05) is 17.7 Å². The molecule has 0 saturated carbocycles. The first-order valence-corrected chi connectivity index (χ1v) is 9.95. The molecular formula is C22H21N9O. The third-order valence-corrected chi connectivity index (χ3v) is 4.97. The predicted molar refractivity (Wildman–Crippen MR) is 122 cm³/mol. The summed E-state index contributed by atoms with van der Waals surface area (Å²) in [6, 6.07) is 7.65. The third kappa shape index (κ3) is 3.58. The topological polar surface area (TPSA) is 118 Å². The molecule has 160 valence electrons. The lowest BCUT2D eigenvalue weighted by molar-refractivity contribution is 0.393. The monoisotopic (exact) mass is 427 g/mol. The van der Waals surface area contributed by atoms with Gasteiger partial charge in [-0.15, -0.1) is 5.10 Å². The Morgan fingerprint density at radius 2 is 1.97 bits per heavy atom. The molecule has 5 rings (SSSR count). The number of fused-ring (bicyclic) bond motifs is 1. The Balaban J connectivity index is 1.52. The van der Waals surface area contributed by atoms with Crippen LogP contribution in [0.3, 0.4) is 0 Å². The minimum Gasteiger partial charge on any atom is -0.478 e. The van der Waals surface area contributed by atoms with Crippen molar-refractivity contribution >= 4 is 34.2 Å². The fourth-order valence-corrected chi connectivity index (χ4v) is 3.50. The van der Waals surface area contributed by atoms with E-state index in [1.54, 1.807) is 30.4 Å². The second-order valence-electron chi connectivity index (χ2n) is 7.20. The van der Waals surface area contributed by atoms with E-state index < -0.39 is 0 Å². The van der Waals surface area contributed by atoms with Gasteiger partial charge < -0.3 is 20.4 Å². The standard InChI is InChI=1S/C22H21N9O/c1-13-10-26-22(27-16-12-31(2)30-21(16)32-3)29-18(13)15-11-25-19-14(15)7-9-24-20(19)28-17-6-4-5-8-23-17/h4-12,25H,1-3H3,(H,23,24,28)(H,26,27,29). The summed E-state index contributed by atoms with van der Waals surface area (Å²) in [6.45, 7) is 1.98. The van der Waals surface area contributed by atoms with Gasteiger partial charge in [0.2, 0.25) is 5.95 Å². The fraction of sp³-hybridized carbons (Fsp3) is 0.136. The maximum Gasteiger partial charge on any atom is 0.256 e. The van der Waals surface area contributed by atoms with Gasteiger partial charge in [-0.05, 0) is 30.7 Å². The van der Waals surface area contributed by atoms with Gasteiger partial charge >= 0.3 is 0 Å². The number of aromatic nitrogens is 7. The van der Waals surface area contributed by atoms with Crippen molar-refractivity contribution in [3.05, 3.63) is 60.8 Å². The number of H-pyrrole nitrogens is 1. The zero-order valence-electron chi connectivity index (χ0n) is 17.8. The first-order chi connectivity index (χ1) is 15.6. The van der Waals surface area contributed by atoms with Gasteiger partial charge in [0.05, 0.1) is 24.5 Å². The van der Waals surface area contributed by atoms with Crippen LogP contribution in [0.15, 0.2) is 55.2 Å². The van der Waals surface area contributed by atoms with E-state index in [9.17, 15) is 0 Å². The minimum atomic E-state index is 0.451. The summed E-state index contributed by atoms with van der Waals surface area (Å²) in [6.07, 6.45) is 9.04. The Kier molecular flexibility index (Phi) is 4.86. The lowest BCUT2D eigenvalue weighted by atomic mass is 10.1. The SMILES string of the molecule is COc1nn(C)cc1Nc1ncc(C)c(-c2c[nH]c3c(Nc4ccccn4)nccc23)n1. The van der Waals surface area contributed by atoms with Crippen LogP contribution in [0.2, 0.25) is 0 Å². The van der Waals surface area contributed by atoms with Crippen molar-refractivity contribution in [3.8, 4) is 17.1 Å². The van der Waals surface area contributed by atoms with E-state index in [2.05, 4.69) is 35.7 Å². The Hall–Kier alpha value is -4.47. The molecule has 0 fully saturated rings. The summed E-state index contributed by atoms with van der Waals surface area (Å²) in [4.78, 5) is 21.3. The largest absolute Gasteiger partial charge is 0.478 e. The first kappa shape index (κ1) is 19.5. The molecule has 0 aliphatic carbocycles. The van der Waals surface area contributed by atoms with Crippen LogP contribution in [0.1, 0.15) is 5.56 Å². The number of pyridine rings is 2. The van der Waals surface area contributed by atoms with Crippen LogP contribution < -0.4 is 15.4 Å². The van der Waals surface area contributed by atoms with Gasteiger partial charge in [0.25, 0.3) is 5.88 Å². The number of nitrogens with zero attached hydrogens (tertiary/aromatic N) is 6. The molecule has 0 unspecified atom stereocenters. The van der Waals surface area contributed by atoms with Crippen LogP contribution in [0.4, 0.5) is 23.3 Å². The molecule has 10 nitrogen and oxygen atoms in total. The molecular weight excluding hydrogens is 406 g/mol. The lowest BCUT2D eigenvalue weighted by Gasteiger charge is -2.09. The molecule has 0 aliphatic rings. The van der Waals surface area contributed by atoms with Crippen molar-refractivity contribution in [1.82, 2.24) is 34.7 Å². The van der Waals surface area contributed by atoms with Gasteiger partial charge in [-0.3, -0.25) is 4.68 Å². The van der Waals surface area contributed by atoms with E-state index in [1.807, 2.05) is 50.6 Å². The molecule has 0 aromatic carbocycles. The number of hydrogen-bond acceptors (Lipinski definition) is 8. The zero-order chi connectivity index (χ0) is 22.1. The molecule has 0 amide bonds.